The monoisotopic (exact) mass is 399 g/mol. The van der Waals surface area contributed by atoms with Crippen LogP contribution in [0, 0.1) is 9.39 Å². The first-order valence-corrected chi connectivity index (χ1v) is 7.60. The molecule has 4 nitrogen and oxygen atoms in total. The Morgan fingerprint density at radius 2 is 2.14 bits per heavy atom. The molecule has 6 heteroatoms. The third-order valence-corrected chi connectivity index (χ3v) is 3.74. The lowest BCUT2D eigenvalue weighted by Gasteiger charge is -2.09. The molecule has 0 unspecified atom stereocenters. The van der Waals surface area contributed by atoms with Crippen molar-refractivity contribution in [3.05, 3.63) is 51.0 Å². The first-order chi connectivity index (χ1) is 9.99. The van der Waals surface area contributed by atoms with Crippen LogP contribution in [0.4, 0.5) is 15.9 Å². The Kier molecular flexibility index (Phi) is 5.11. The van der Waals surface area contributed by atoms with E-state index in [1.54, 1.807) is 6.07 Å². The van der Waals surface area contributed by atoms with Crippen molar-refractivity contribution in [2.75, 3.05) is 11.1 Å². The van der Waals surface area contributed by atoms with Gasteiger partial charge in [-0.15, -0.1) is 0 Å². The average molecular weight is 399 g/mol. The molecule has 0 aliphatic heterocycles. The number of hydrogen-bond donors (Lipinski definition) is 2. The maximum Gasteiger partial charge on any atom is 0.255 e. The number of nitrogens with one attached hydrogen (secondary N) is 1. The van der Waals surface area contributed by atoms with Crippen molar-refractivity contribution in [1.29, 1.82) is 0 Å². The van der Waals surface area contributed by atoms with Crippen LogP contribution in [0.2, 0.25) is 0 Å². The van der Waals surface area contributed by atoms with Gasteiger partial charge in [-0.25, -0.2) is 9.37 Å². The second-order valence-corrected chi connectivity index (χ2v) is 5.76. The van der Waals surface area contributed by atoms with Gasteiger partial charge in [-0.3, -0.25) is 4.79 Å². The van der Waals surface area contributed by atoms with Gasteiger partial charge < -0.3 is 11.1 Å². The van der Waals surface area contributed by atoms with Gasteiger partial charge in [0.2, 0.25) is 0 Å². The standard InChI is InChI=1S/C15H15FIN3O/c1-2-3-11-6-9(7-14(18)19-11)15(21)20-13-5-4-10(16)8-12(13)17/h4-8H,2-3H2,1H3,(H2,18,19)(H,20,21). The number of nitrogen functional groups attached to an aromatic ring is 1. The molecule has 110 valence electrons. The number of halogens is 2. The molecular formula is C15H15FIN3O. The van der Waals surface area contributed by atoms with Crippen molar-refractivity contribution in [3.63, 3.8) is 0 Å². The fraction of sp³-hybridized carbons (Fsp3) is 0.200. The average Bonchev–Trinajstić information content (AvgIpc) is 2.41. The molecule has 1 aromatic heterocycles. The third kappa shape index (κ3) is 4.13. The third-order valence-electron chi connectivity index (χ3n) is 2.85. The SMILES string of the molecule is CCCc1cc(C(=O)Nc2ccc(F)cc2I)cc(N)n1. The number of nitrogens with two attached hydrogens (primary N) is 1. The molecule has 1 heterocycles. The molecule has 0 saturated carbocycles. The number of carbonyl (C=O) groups is 1. The molecule has 0 saturated heterocycles. The van der Waals surface area contributed by atoms with Crippen molar-refractivity contribution in [1.82, 2.24) is 4.98 Å². The smallest absolute Gasteiger partial charge is 0.255 e. The van der Waals surface area contributed by atoms with Crippen molar-refractivity contribution in [2.24, 2.45) is 0 Å². The van der Waals surface area contributed by atoms with Crippen LogP contribution in [-0.4, -0.2) is 10.9 Å². The van der Waals surface area contributed by atoms with Crippen LogP contribution in [0.15, 0.2) is 30.3 Å². The molecule has 0 bridgehead atoms. The molecule has 0 atom stereocenters. The van der Waals surface area contributed by atoms with Crippen LogP contribution in [0.3, 0.4) is 0 Å². The summed E-state index contributed by atoms with van der Waals surface area (Å²) in [5.41, 5.74) is 7.53. The first-order valence-electron chi connectivity index (χ1n) is 6.52. The number of nitrogens with zero attached hydrogens (tertiary/aromatic N) is 1. The zero-order valence-corrected chi connectivity index (χ0v) is 13.6. The minimum absolute atomic E-state index is 0.286. The van der Waals surface area contributed by atoms with E-state index in [4.69, 9.17) is 5.73 Å². The highest BCUT2D eigenvalue weighted by Gasteiger charge is 2.11. The lowest BCUT2D eigenvalue weighted by Crippen LogP contribution is -2.14. The first kappa shape index (κ1) is 15.7. The topological polar surface area (TPSA) is 68.0 Å². The maximum absolute atomic E-state index is 13.1. The molecule has 0 aliphatic rings. The van der Waals surface area contributed by atoms with Gasteiger partial charge in [0.1, 0.15) is 11.6 Å². The minimum atomic E-state index is -0.337. The van der Waals surface area contributed by atoms with Gasteiger partial charge in [-0.1, -0.05) is 13.3 Å². The number of hydrogen-bond acceptors (Lipinski definition) is 3. The molecule has 3 N–H and O–H groups in total. The quantitative estimate of drug-likeness (QED) is 0.772. The number of anilines is 2. The van der Waals surface area contributed by atoms with E-state index < -0.39 is 0 Å². The summed E-state index contributed by atoms with van der Waals surface area (Å²) in [6, 6.07) is 7.46. The molecule has 0 spiro atoms. The van der Waals surface area contributed by atoms with Gasteiger partial charge in [-0.05, 0) is 59.3 Å². The van der Waals surface area contributed by atoms with E-state index in [1.165, 1.54) is 24.3 Å². The van der Waals surface area contributed by atoms with Crippen LogP contribution < -0.4 is 11.1 Å². The summed E-state index contributed by atoms with van der Waals surface area (Å²) in [6.07, 6.45) is 1.69. The Morgan fingerprint density at radius 1 is 1.38 bits per heavy atom. The van der Waals surface area contributed by atoms with Gasteiger partial charge in [0.25, 0.3) is 5.91 Å². The van der Waals surface area contributed by atoms with Crippen molar-refractivity contribution >= 4 is 40.0 Å². The minimum Gasteiger partial charge on any atom is -0.384 e. The molecule has 21 heavy (non-hydrogen) atoms. The number of benzene rings is 1. The van der Waals surface area contributed by atoms with Crippen LogP contribution in [0.1, 0.15) is 29.4 Å². The number of aryl methyl sites for hydroxylation is 1. The van der Waals surface area contributed by atoms with Crippen molar-refractivity contribution in [3.8, 4) is 0 Å². The number of rotatable bonds is 4. The molecule has 1 aromatic carbocycles. The van der Waals surface area contributed by atoms with Crippen LogP contribution in [0.5, 0.6) is 0 Å². The molecule has 1 amide bonds. The molecule has 0 radical (unpaired) electrons. The van der Waals surface area contributed by atoms with Gasteiger partial charge in [0.05, 0.1) is 5.69 Å². The van der Waals surface area contributed by atoms with Crippen molar-refractivity contribution < 1.29 is 9.18 Å². The van der Waals surface area contributed by atoms with E-state index in [0.717, 1.165) is 18.5 Å². The fourth-order valence-corrected chi connectivity index (χ4v) is 2.52. The van der Waals surface area contributed by atoms with Gasteiger partial charge in [0, 0.05) is 14.8 Å². The normalized spacial score (nSPS) is 10.4. The summed E-state index contributed by atoms with van der Waals surface area (Å²) < 4.78 is 13.7. The molecule has 0 fully saturated rings. The summed E-state index contributed by atoms with van der Waals surface area (Å²) in [7, 11) is 0. The zero-order chi connectivity index (χ0) is 15.4. The Balaban J connectivity index is 2.23. The Labute approximate surface area is 136 Å². The number of carbonyl (C=O) groups excluding carboxylic acids is 1. The largest absolute Gasteiger partial charge is 0.384 e. The lowest BCUT2D eigenvalue weighted by molar-refractivity contribution is 0.102. The molecular weight excluding hydrogens is 384 g/mol. The zero-order valence-electron chi connectivity index (χ0n) is 11.5. The summed E-state index contributed by atoms with van der Waals surface area (Å²) in [5, 5.41) is 2.75. The van der Waals surface area contributed by atoms with Gasteiger partial charge in [0.15, 0.2) is 0 Å². The maximum atomic E-state index is 13.1. The van der Waals surface area contributed by atoms with Crippen LogP contribution in [-0.2, 0) is 6.42 Å². The van der Waals surface area contributed by atoms with Gasteiger partial charge in [-0.2, -0.15) is 0 Å². The summed E-state index contributed by atoms with van der Waals surface area (Å²) in [4.78, 5) is 16.5. The summed E-state index contributed by atoms with van der Waals surface area (Å²) in [5.74, 6) is -0.304. The predicted molar refractivity (Wildman–Crippen MR) is 89.7 cm³/mol. The number of pyridine rings is 1. The van der Waals surface area contributed by atoms with E-state index in [0.29, 0.717) is 20.6 Å². The van der Waals surface area contributed by atoms with Crippen LogP contribution in [0.25, 0.3) is 0 Å². The highest BCUT2D eigenvalue weighted by Crippen LogP contribution is 2.20. The molecule has 0 aliphatic carbocycles. The fourth-order valence-electron chi connectivity index (χ4n) is 1.91. The Morgan fingerprint density at radius 3 is 2.81 bits per heavy atom. The second kappa shape index (κ2) is 6.84. The lowest BCUT2D eigenvalue weighted by atomic mass is 10.1. The highest BCUT2D eigenvalue weighted by molar-refractivity contribution is 14.1. The van der Waals surface area contributed by atoms with E-state index in [1.807, 2.05) is 29.5 Å². The second-order valence-electron chi connectivity index (χ2n) is 4.60. The number of amides is 1. The van der Waals surface area contributed by atoms with E-state index in [-0.39, 0.29) is 11.7 Å². The summed E-state index contributed by atoms with van der Waals surface area (Å²) >= 11 is 1.97. The highest BCUT2D eigenvalue weighted by atomic mass is 127. The van der Waals surface area contributed by atoms with Crippen molar-refractivity contribution in [2.45, 2.75) is 19.8 Å². The van der Waals surface area contributed by atoms with Gasteiger partial charge >= 0.3 is 0 Å². The Bertz CT molecular complexity index is 676. The van der Waals surface area contributed by atoms with E-state index in [2.05, 4.69) is 10.3 Å². The van der Waals surface area contributed by atoms with E-state index >= 15 is 0 Å². The predicted octanol–water partition coefficient (Wildman–Crippen LogP) is 3.61. The number of aromatic nitrogens is 1. The Hall–Kier alpha value is -1.70. The summed E-state index contributed by atoms with van der Waals surface area (Å²) in [6.45, 7) is 2.03. The molecule has 2 aromatic rings. The van der Waals surface area contributed by atoms with Crippen LogP contribution >= 0.6 is 22.6 Å². The molecule has 2 rings (SSSR count). The van der Waals surface area contributed by atoms with E-state index in [9.17, 15) is 9.18 Å².